The van der Waals surface area contributed by atoms with Crippen molar-refractivity contribution in [1.29, 1.82) is 0 Å². The summed E-state index contributed by atoms with van der Waals surface area (Å²) in [6, 6.07) is 6.94. The SMILES string of the molecule is CCCC(Oc1cccc(NC(C)=O)c1)C(=O)OCC. The highest BCUT2D eigenvalue weighted by atomic mass is 16.6. The van der Waals surface area contributed by atoms with Gasteiger partial charge in [-0.25, -0.2) is 4.79 Å². The summed E-state index contributed by atoms with van der Waals surface area (Å²) >= 11 is 0. The zero-order chi connectivity index (χ0) is 15.0. The molecule has 0 radical (unpaired) electrons. The van der Waals surface area contributed by atoms with E-state index in [2.05, 4.69) is 5.32 Å². The highest BCUT2D eigenvalue weighted by Gasteiger charge is 2.20. The van der Waals surface area contributed by atoms with E-state index >= 15 is 0 Å². The van der Waals surface area contributed by atoms with Gasteiger partial charge in [-0.3, -0.25) is 4.79 Å². The number of ether oxygens (including phenoxy) is 2. The molecule has 5 nitrogen and oxygen atoms in total. The summed E-state index contributed by atoms with van der Waals surface area (Å²) in [4.78, 5) is 22.8. The van der Waals surface area contributed by atoms with Gasteiger partial charge in [-0.15, -0.1) is 0 Å². The molecule has 0 aromatic heterocycles. The summed E-state index contributed by atoms with van der Waals surface area (Å²) in [7, 11) is 0. The third-order valence-electron chi connectivity index (χ3n) is 2.53. The summed E-state index contributed by atoms with van der Waals surface area (Å²) in [6.45, 7) is 5.50. The van der Waals surface area contributed by atoms with Crippen molar-refractivity contribution >= 4 is 17.6 Å². The lowest BCUT2D eigenvalue weighted by Crippen LogP contribution is -2.29. The van der Waals surface area contributed by atoms with E-state index in [0.717, 1.165) is 6.42 Å². The molecule has 0 fully saturated rings. The first-order valence-electron chi connectivity index (χ1n) is 6.77. The average Bonchev–Trinajstić information content (AvgIpc) is 2.38. The largest absolute Gasteiger partial charge is 0.479 e. The van der Waals surface area contributed by atoms with Crippen molar-refractivity contribution < 1.29 is 19.1 Å². The topological polar surface area (TPSA) is 64.6 Å². The summed E-state index contributed by atoms with van der Waals surface area (Å²) in [5.74, 6) is 0.0136. The molecular weight excluding hydrogens is 258 g/mol. The van der Waals surface area contributed by atoms with E-state index in [0.29, 0.717) is 24.5 Å². The minimum Gasteiger partial charge on any atom is -0.479 e. The number of hydrogen-bond acceptors (Lipinski definition) is 4. The Balaban J connectivity index is 2.77. The second-order valence-electron chi connectivity index (χ2n) is 4.36. The van der Waals surface area contributed by atoms with E-state index in [4.69, 9.17) is 9.47 Å². The van der Waals surface area contributed by atoms with Crippen LogP contribution in [0.2, 0.25) is 0 Å². The van der Waals surface area contributed by atoms with E-state index in [1.54, 1.807) is 31.2 Å². The van der Waals surface area contributed by atoms with Gasteiger partial charge in [0.2, 0.25) is 5.91 Å². The van der Waals surface area contributed by atoms with Gasteiger partial charge in [0, 0.05) is 18.7 Å². The van der Waals surface area contributed by atoms with Crippen molar-refractivity contribution in [2.45, 2.75) is 39.7 Å². The average molecular weight is 279 g/mol. The minimum absolute atomic E-state index is 0.155. The van der Waals surface area contributed by atoms with Gasteiger partial charge in [-0.05, 0) is 25.5 Å². The van der Waals surface area contributed by atoms with Crippen LogP contribution in [0.4, 0.5) is 5.69 Å². The van der Waals surface area contributed by atoms with E-state index < -0.39 is 6.10 Å². The number of hydrogen-bond donors (Lipinski definition) is 1. The zero-order valence-corrected chi connectivity index (χ0v) is 12.1. The Labute approximate surface area is 119 Å². The molecule has 110 valence electrons. The van der Waals surface area contributed by atoms with E-state index in [-0.39, 0.29) is 11.9 Å². The predicted octanol–water partition coefficient (Wildman–Crippen LogP) is 2.76. The Morgan fingerprint density at radius 3 is 2.65 bits per heavy atom. The predicted molar refractivity (Wildman–Crippen MR) is 76.7 cm³/mol. The molecule has 1 aromatic rings. The van der Waals surface area contributed by atoms with Gasteiger partial charge in [0.25, 0.3) is 0 Å². The van der Waals surface area contributed by atoms with Crippen LogP contribution in [-0.2, 0) is 14.3 Å². The lowest BCUT2D eigenvalue weighted by molar-refractivity contribution is -0.151. The Bertz CT molecular complexity index is 459. The Hall–Kier alpha value is -2.04. The zero-order valence-electron chi connectivity index (χ0n) is 12.1. The summed E-state index contributed by atoms with van der Waals surface area (Å²) in [5, 5.41) is 2.67. The molecule has 0 spiro atoms. The van der Waals surface area contributed by atoms with E-state index in [1.807, 2.05) is 6.92 Å². The van der Waals surface area contributed by atoms with Crippen LogP contribution in [-0.4, -0.2) is 24.6 Å². The van der Waals surface area contributed by atoms with Gasteiger partial charge in [-0.2, -0.15) is 0 Å². The quantitative estimate of drug-likeness (QED) is 0.779. The van der Waals surface area contributed by atoms with Crippen LogP contribution in [0.1, 0.15) is 33.6 Å². The molecule has 0 aliphatic carbocycles. The fourth-order valence-electron chi connectivity index (χ4n) is 1.74. The van der Waals surface area contributed by atoms with Crippen molar-refractivity contribution in [2.75, 3.05) is 11.9 Å². The minimum atomic E-state index is -0.618. The van der Waals surface area contributed by atoms with Gasteiger partial charge in [-0.1, -0.05) is 19.4 Å². The molecule has 1 N–H and O–H groups in total. The molecule has 0 aliphatic rings. The number of benzene rings is 1. The van der Waals surface area contributed by atoms with Gasteiger partial charge in [0.15, 0.2) is 6.10 Å². The van der Waals surface area contributed by atoms with Crippen LogP contribution in [0.3, 0.4) is 0 Å². The lowest BCUT2D eigenvalue weighted by Gasteiger charge is -2.17. The Kier molecular flexibility index (Phi) is 6.56. The highest BCUT2D eigenvalue weighted by molar-refractivity contribution is 5.88. The first-order valence-corrected chi connectivity index (χ1v) is 6.77. The maximum atomic E-state index is 11.8. The molecule has 0 saturated heterocycles. The van der Waals surface area contributed by atoms with Crippen molar-refractivity contribution in [2.24, 2.45) is 0 Å². The number of rotatable bonds is 7. The highest BCUT2D eigenvalue weighted by Crippen LogP contribution is 2.20. The van der Waals surface area contributed by atoms with Crippen LogP contribution >= 0.6 is 0 Å². The molecule has 5 heteroatoms. The second-order valence-corrected chi connectivity index (χ2v) is 4.36. The van der Waals surface area contributed by atoms with Gasteiger partial charge in [0.05, 0.1) is 6.61 Å². The van der Waals surface area contributed by atoms with Gasteiger partial charge >= 0.3 is 5.97 Å². The third-order valence-corrected chi connectivity index (χ3v) is 2.53. The molecule has 1 amide bonds. The van der Waals surface area contributed by atoms with E-state index in [1.165, 1.54) is 6.92 Å². The molecule has 0 bridgehead atoms. The Morgan fingerprint density at radius 2 is 2.05 bits per heavy atom. The number of anilines is 1. The molecule has 0 saturated carbocycles. The molecule has 0 aliphatic heterocycles. The van der Waals surface area contributed by atoms with Crippen LogP contribution in [0.5, 0.6) is 5.75 Å². The number of carbonyl (C=O) groups is 2. The molecule has 20 heavy (non-hydrogen) atoms. The van der Waals surface area contributed by atoms with Crippen molar-refractivity contribution in [3.05, 3.63) is 24.3 Å². The normalized spacial score (nSPS) is 11.6. The van der Waals surface area contributed by atoms with Crippen molar-refractivity contribution in [3.8, 4) is 5.75 Å². The summed E-state index contributed by atoms with van der Waals surface area (Å²) in [6.07, 6.45) is 0.783. The van der Waals surface area contributed by atoms with Crippen LogP contribution in [0.15, 0.2) is 24.3 Å². The number of nitrogens with one attached hydrogen (secondary N) is 1. The third kappa shape index (κ3) is 5.30. The fourth-order valence-corrected chi connectivity index (χ4v) is 1.74. The number of esters is 1. The second kappa shape index (κ2) is 8.19. The van der Waals surface area contributed by atoms with Crippen molar-refractivity contribution in [1.82, 2.24) is 0 Å². The maximum Gasteiger partial charge on any atom is 0.347 e. The molecule has 0 heterocycles. The lowest BCUT2D eigenvalue weighted by atomic mass is 10.2. The fraction of sp³-hybridized carbons (Fsp3) is 0.467. The van der Waals surface area contributed by atoms with Crippen LogP contribution in [0.25, 0.3) is 0 Å². The standard InChI is InChI=1S/C15H21NO4/c1-4-7-14(15(18)19-5-2)20-13-9-6-8-12(10-13)16-11(3)17/h6,8-10,14H,4-5,7H2,1-3H3,(H,16,17). The molecular formula is C15H21NO4. The molecule has 1 rings (SSSR count). The molecule has 1 atom stereocenters. The smallest absolute Gasteiger partial charge is 0.347 e. The van der Waals surface area contributed by atoms with Crippen molar-refractivity contribution in [3.63, 3.8) is 0 Å². The van der Waals surface area contributed by atoms with Crippen LogP contribution < -0.4 is 10.1 Å². The first kappa shape index (κ1) is 16.0. The summed E-state index contributed by atoms with van der Waals surface area (Å²) in [5.41, 5.74) is 0.633. The Morgan fingerprint density at radius 1 is 1.30 bits per heavy atom. The monoisotopic (exact) mass is 279 g/mol. The van der Waals surface area contributed by atoms with Gasteiger partial charge < -0.3 is 14.8 Å². The molecule has 1 unspecified atom stereocenters. The van der Waals surface area contributed by atoms with E-state index in [9.17, 15) is 9.59 Å². The maximum absolute atomic E-state index is 11.8. The number of amides is 1. The van der Waals surface area contributed by atoms with Crippen LogP contribution in [0, 0.1) is 0 Å². The number of carbonyl (C=O) groups excluding carboxylic acids is 2. The molecule has 1 aromatic carbocycles. The first-order chi connectivity index (χ1) is 9.56. The van der Waals surface area contributed by atoms with Gasteiger partial charge in [0.1, 0.15) is 5.75 Å². The summed E-state index contributed by atoms with van der Waals surface area (Å²) < 4.78 is 10.7.